The number of nitrogens with one attached hydrogen (secondary N) is 2. The highest BCUT2D eigenvalue weighted by Gasteiger charge is 2.19. The molecule has 0 saturated carbocycles. The minimum atomic E-state index is -0.520. The number of hydrogen-bond donors (Lipinski definition) is 2. The van der Waals surface area contributed by atoms with Gasteiger partial charge in [-0.3, -0.25) is 9.59 Å². The molecule has 1 heterocycles. The summed E-state index contributed by atoms with van der Waals surface area (Å²) in [4.78, 5) is 28.2. The molecule has 6 heteroatoms. The monoisotopic (exact) mass is 280 g/mol. The number of carbonyl (C=O) groups is 1. The third-order valence-electron chi connectivity index (χ3n) is 2.74. The molecule has 1 amide bonds. The van der Waals surface area contributed by atoms with Crippen molar-refractivity contribution >= 4 is 11.7 Å². The first-order valence-corrected chi connectivity index (χ1v) is 6.78. The summed E-state index contributed by atoms with van der Waals surface area (Å²) in [6.07, 6.45) is 3.20. The topological polar surface area (TPSA) is 76.0 Å². The lowest BCUT2D eigenvalue weighted by molar-refractivity contribution is -0.122. The van der Waals surface area contributed by atoms with Gasteiger partial charge in [0.2, 0.25) is 5.91 Å². The molecule has 1 aromatic heterocycles. The normalized spacial score (nSPS) is 13.2. The highest BCUT2D eigenvalue weighted by atomic mass is 16.2. The number of anilines is 1. The third kappa shape index (κ3) is 4.08. The van der Waals surface area contributed by atoms with Gasteiger partial charge < -0.3 is 15.2 Å². The van der Waals surface area contributed by atoms with E-state index < -0.39 is 6.04 Å². The van der Waals surface area contributed by atoms with Crippen LogP contribution in [0, 0.1) is 0 Å². The van der Waals surface area contributed by atoms with Gasteiger partial charge in [-0.1, -0.05) is 0 Å². The molecule has 1 rings (SSSR count). The Hall–Kier alpha value is -1.85. The Labute approximate surface area is 119 Å². The van der Waals surface area contributed by atoms with Crippen molar-refractivity contribution in [3.05, 3.63) is 22.7 Å². The Morgan fingerprint density at radius 3 is 2.40 bits per heavy atom. The predicted molar refractivity (Wildman–Crippen MR) is 79.9 cm³/mol. The van der Waals surface area contributed by atoms with Crippen molar-refractivity contribution in [2.45, 2.75) is 59.2 Å². The molecule has 0 aliphatic heterocycles. The van der Waals surface area contributed by atoms with Crippen LogP contribution in [0.5, 0.6) is 0 Å². The first kappa shape index (κ1) is 16.2. The molecule has 1 aromatic rings. The summed E-state index contributed by atoms with van der Waals surface area (Å²) in [5.41, 5.74) is -0.566. The van der Waals surface area contributed by atoms with Crippen LogP contribution < -0.4 is 16.2 Å². The van der Waals surface area contributed by atoms with E-state index in [0.29, 0.717) is 0 Å². The molecule has 0 saturated heterocycles. The second kappa shape index (κ2) is 6.07. The largest absolute Gasteiger partial charge is 0.354 e. The summed E-state index contributed by atoms with van der Waals surface area (Å²) in [7, 11) is 0. The highest BCUT2D eigenvalue weighted by molar-refractivity contribution is 5.84. The van der Waals surface area contributed by atoms with Crippen molar-refractivity contribution in [2.75, 3.05) is 5.32 Å². The van der Waals surface area contributed by atoms with E-state index in [1.54, 1.807) is 23.9 Å². The standard InChI is InChI=1S/C14H24N4O2/c1-9(2)16-12(19)10(3)17-11-13(20)18(8-7-15-11)14(4,5)6/h7-10H,1-6H3,(H,15,17)(H,16,19). The van der Waals surface area contributed by atoms with E-state index in [4.69, 9.17) is 0 Å². The molecule has 6 nitrogen and oxygen atoms in total. The molecule has 1 unspecified atom stereocenters. The quantitative estimate of drug-likeness (QED) is 0.872. The SMILES string of the molecule is CC(C)NC(=O)C(C)Nc1nccn(C(C)(C)C)c1=O. The molecule has 112 valence electrons. The maximum absolute atomic E-state index is 12.3. The Kier molecular flexibility index (Phi) is 4.92. The van der Waals surface area contributed by atoms with Gasteiger partial charge in [-0.2, -0.15) is 0 Å². The van der Waals surface area contributed by atoms with Crippen LogP contribution in [0.2, 0.25) is 0 Å². The first-order chi connectivity index (χ1) is 9.12. The maximum atomic E-state index is 12.3. The van der Waals surface area contributed by atoms with Crippen LogP contribution in [0.1, 0.15) is 41.5 Å². The molecule has 0 aliphatic rings. The zero-order valence-corrected chi connectivity index (χ0v) is 13.0. The van der Waals surface area contributed by atoms with Gasteiger partial charge in [0.15, 0.2) is 5.82 Å². The fourth-order valence-corrected chi connectivity index (χ4v) is 1.72. The highest BCUT2D eigenvalue weighted by Crippen LogP contribution is 2.11. The van der Waals surface area contributed by atoms with Crippen LogP contribution in [-0.4, -0.2) is 27.5 Å². The Balaban J connectivity index is 2.94. The lowest BCUT2D eigenvalue weighted by atomic mass is 10.1. The van der Waals surface area contributed by atoms with Gasteiger partial charge in [-0.05, 0) is 41.5 Å². The van der Waals surface area contributed by atoms with Gasteiger partial charge in [-0.25, -0.2) is 4.98 Å². The molecular formula is C14H24N4O2. The molecule has 0 aliphatic carbocycles. The van der Waals surface area contributed by atoms with Crippen molar-refractivity contribution in [3.8, 4) is 0 Å². The summed E-state index contributed by atoms with van der Waals surface area (Å²) >= 11 is 0. The van der Waals surface area contributed by atoms with Crippen molar-refractivity contribution in [2.24, 2.45) is 0 Å². The molecule has 0 radical (unpaired) electrons. The number of nitrogens with zero attached hydrogens (tertiary/aromatic N) is 2. The zero-order chi connectivity index (χ0) is 15.5. The van der Waals surface area contributed by atoms with E-state index in [1.165, 1.54) is 0 Å². The van der Waals surface area contributed by atoms with Gasteiger partial charge in [-0.15, -0.1) is 0 Å². The second-order valence-electron chi connectivity index (χ2n) is 6.15. The molecule has 0 fully saturated rings. The van der Waals surface area contributed by atoms with Gasteiger partial charge in [0.1, 0.15) is 6.04 Å². The van der Waals surface area contributed by atoms with Crippen LogP contribution >= 0.6 is 0 Å². The smallest absolute Gasteiger partial charge is 0.293 e. The van der Waals surface area contributed by atoms with Gasteiger partial charge in [0.25, 0.3) is 5.56 Å². The lowest BCUT2D eigenvalue weighted by Crippen LogP contribution is -2.43. The molecule has 20 heavy (non-hydrogen) atoms. The summed E-state index contributed by atoms with van der Waals surface area (Å²) in [5, 5.41) is 5.66. The van der Waals surface area contributed by atoms with Crippen LogP contribution in [0.3, 0.4) is 0 Å². The van der Waals surface area contributed by atoms with Crippen LogP contribution in [0.4, 0.5) is 5.82 Å². The van der Waals surface area contributed by atoms with E-state index in [0.717, 1.165) is 0 Å². The number of hydrogen-bond acceptors (Lipinski definition) is 4. The fraction of sp³-hybridized carbons (Fsp3) is 0.643. The molecule has 0 spiro atoms. The van der Waals surface area contributed by atoms with Crippen LogP contribution in [-0.2, 0) is 10.3 Å². The van der Waals surface area contributed by atoms with E-state index in [1.807, 2.05) is 34.6 Å². The maximum Gasteiger partial charge on any atom is 0.293 e. The second-order valence-corrected chi connectivity index (χ2v) is 6.15. The fourth-order valence-electron chi connectivity index (χ4n) is 1.72. The van der Waals surface area contributed by atoms with Gasteiger partial charge in [0, 0.05) is 24.0 Å². The van der Waals surface area contributed by atoms with Gasteiger partial charge in [0.05, 0.1) is 0 Å². The summed E-state index contributed by atoms with van der Waals surface area (Å²) in [6, 6.07) is -0.463. The average molecular weight is 280 g/mol. The zero-order valence-electron chi connectivity index (χ0n) is 13.0. The van der Waals surface area contributed by atoms with Crippen LogP contribution in [0.15, 0.2) is 17.2 Å². The van der Waals surface area contributed by atoms with Crippen molar-refractivity contribution in [1.82, 2.24) is 14.9 Å². The van der Waals surface area contributed by atoms with Crippen molar-refractivity contribution in [1.29, 1.82) is 0 Å². The number of amides is 1. The molecule has 1 atom stereocenters. The summed E-state index contributed by atoms with van der Waals surface area (Å²) in [6.45, 7) is 11.3. The summed E-state index contributed by atoms with van der Waals surface area (Å²) < 4.78 is 1.59. The minimum absolute atomic E-state index is 0.0571. The Morgan fingerprint density at radius 1 is 1.30 bits per heavy atom. The van der Waals surface area contributed by atoms with Crippen molar-refractivity contribution < 1.29 is 4.79 Å². The number of aromatic nitrogens is 2. The van der Waals surface area contributed by atoms with Gasteiger partial charge >= 0.3 is 0 Å². The molecule has 0 aromatic carbocycles. The molecule has 2 N–H and O–H groups in total. The van der Waals surface area contributed by atoms with Crippen molar-refractivity contribution in [3.63, 3.8) is 0 Å². The molecule has 0 bridgehead atoms. The Morgan fingerprint density at radius 2 is 1.90 bits per heavy atom. The Bertz CT molecular complexity index is 529. The van der Waals surface area contributed by atoms with E-state index in [9.17, 15) is 9.59 Å². The van der Waals surface area contributed by atoms with E-state index in [-0.39, 0.29) is 28.9 Å². The summed E-state index contributed by atoms with van der Waals surface area (Å²) in [5.74, 6) is 0.0289. The number of rotatable bonds is 4. The van der Waals surface area contributed by atoms with Crippen LogP contribution in [0.25, 0.3) is 0 Å². The molecular weight excluding hydrogens is 256 g/mol. The van der Waals surface area contributed by atoms with E-state index >= 15 is 0 Å². The average Bonchev–Trinajstić information content (AvgIpc) is 2.29. The number of carbonyl (C=O) groups excluding carboxylic acids is 1. The third-order valence-corrected chi connectivity index (χ3v) is 2.74. The predicted octanol–water partition coefficient (Wildman–Crippen LogP) is 1.32. The van der Waals surface area contributed by atoms with E-state index in [2.05, 4.69) is 15.6 Å². The lowest BCUT2D eigenvalue weighted by Gasteiger charge is -2.23. The first-order valence-electron chi connectivity index (χ1n) is 6.78. The minimum Gasteiger partial charge on any atom is -0.354 e.